The molecule has 3 aromatic rings. The largest absolute Gasteiger partial charge is 0.345 e. The zero-order valence-corrected chi connectivity index (χ0v) is 18.1. The van der Waals surface area contributed by atoms with Crippen LogP contribution in [0.1, 0.15) is 46.9 Å². The zero-order chi connectivity index (χ0) is 21.5. The van der Waals surface area contributed by atoms with Gasteiger partial charge in [-0.05, 0) is 43.6 Å². The van der Waals surface area contributed by atoms with Crippen molar-refractivity contribution >= 4 is 28.3 Å². The number of amides is 2. The third-order valence-electron chi connectivity index (χ3n) is 5.32. The third kappa shape index (κ3) is 5.99. The van der Waals surface area contributed by atoms with Crippen molar-refractivity contribution in [3.63, 3.8) is 0 Å². The van der Waals surface area contributed by atoms with Crippen molar-refractivity contribution < 1.29 is 9.59 Å². The van der Waals surface area contributed by atoms with Crippen LogP contribution in [0.3, 0.4) is 0 Å². The van der Waals surface area contributed by atoms with Gasteiger partial charge in [0.2, 0.25) is 5.91 Å². The molecule has 1 aromatic heterocycles. The second kappa shape index (κ2) is 10.3. The van der Waals surface area contributed by atoms with Gasteiger partial charge in [-0.1, -0.05) is 48.5 Å². The molecule has 0 radical (unpaired) electrons. The van der Waals surface area contributed by atoms with E-state index in [1.54, 1.807) is 12.1 Å². The summed E-state index contributed by atoms with van der Waals surface area (Å²) in [7, 11) is 0. The SMILES string of the molecule is O=C(C[C@@H](NC(=O)c1ccccc1)c1ccccc1)Nc1nc(CN2CCCC2)cs1. The van der Waals surface area contributed by atoms with Crippen LogP contribution in [0.4, 0.5) is 5.13 Å². The lowest BCUT2D eigenvalue weighted by molar-refractivity contribution is -0.116. The Bertz CT molecular complexity index is 1000. The molecule has 0 saturated carbocycles. The maximum Gasteiger partial charge on any atom is 0.251 e. The highest BCUT2D eigenvalue weighted by Gasteiger charge is 2.20. The lowest BCUT2D eigenvalue weighted by Crippen LogP contribution is -2.31. The summed E-state index contributed by atoms with van der Waals surface area (Å²) in [5.74, 6) is -0.381. The van der Waals surface area contributed by atoms with E-state index >= 15 is 0 Å². The summed E-state index contributed by atoms with van der Waals surface area (Å²) in [6.45, 7) is 3.05. The summed E-state index contributed by atoms with van der Waals surface area (Å²) in [5, 5.41) is 8.49. The van der Waals surface area contributed by atoms with Crippen LogP contribution in [-0.2, 0) is 11.3 Å². The number of nitrogens with one attached hydrogen (secondary N) is 2. The third-order valence-corrected chi connectivity index (χ3v) is 6.12. The highest BCUT2D eigenvalue weighted by Crippen LogP contribution is 2.22. The second-order valence-electron chi connectivity index (χ2n) is 7.68. The molecular formula is C24H26N4O2S. The van der Waals surface area contributed by atoms with Gasteiger partial charge in [0.25, 0.3) is 5.91 Å². The Labute approximate surface area is 186 Å². The van der Waals surface area contributed by atoms with Gasteiger partial charge in [-0.3, -0.25) is 14.5 Å². The first-order valence-electron chi connectivity index (χ1n) is 10.5. The standard InChI is InChI=1S/C24H26N4O2S/c29-22(27-24-25-20(17-31-24)16-28-13-7-8-14-28)15-21(18-9-3-1-4-10-18)26-23(30)19-11-5-2-6-12-19/h1-6,9-12,17,21H,7-8,13-16H2,(H,26,30)(H,25,27,29)/t21-/m1/s1. The lowest BCUT2D eigenvalue weighted by Gasteiger charge is -2.19. The Morgan fingerprint density at radius 2 is 1.68 bits per heavy atom. The number of anilines is 1. The number of hydrogen-bond donors (Lipinski definition) is 2. The van der Waals surface area contributed by atoms with Crippen LogP contribution in [0, 0.1) is 0 Å². The molecule has 0 bridgehead atoms. The second-order valence-corrected chi connectivity index (χ2v) is 8.54. The monoisotopic (exact) mass is 434 g/mol. The van der Waals surface area contributed by atoms with E-state index in [2.05, 4.69) is 20.5 Å². The quantitative estimate of drug-likeness (QED) is 0.556. The summed E-state index contributed by atoms with van der Waals surface area (Å²) < 4.78 is 0. The van der Waals surface area contributed by atoms with Gasteiger partial charge in [-0.25, -0.2) is 4.98 Å². The summed E-state index contributed by atoms with van der Waals surface area (Å²) in [4.78, 5) is 32.4. The molecule has 6 nitrogen and oxygen atoms in total. The fraction of sp³-hybridized carbons (Fsp3) is 0.292. The zero-order valence-electron chi connectivity index (χ0n) is 17.3. The van der Waals surface area contributed by atoms with Crippen LogP contribution in [0.2, 0.25) is 0 Å². The van der Waals surface area contributed by atoms with E-state index in [0.717, 1.165) is 30.9 Å². The number of thiazole rings is 1. The summed E-state index contributed by atoms with van der Waals surface area (Å²) in [6, 6.07) is 18.1. The minimum atomic E-state index is -0.432. The highest BCUT2D eigenvalue weighted by atomic mass is 32.1. The van der Waals surface area contributed by atoms with Gasteiger partial charge in [-0.2, -0.15) is 0 Å². The van der Waals surface area contributed by atoms with Crippen LogP contribution in [0.5, 0.6) is 0 Å². The minimum absolute atomic E-state index is 0.129. The van der Waals surface area contributed by atoms with Crippen molar-refractivity contribution in [1.82, 2.24) is 15.2 Å². The van der Waals surface area contributed by atoms with Gasteiger partial charge in [0, 0.05) is 17.5 Å². The first-order valence-corrected chi connectivity index (χ1v) is 11.4. The lowest BCUT2D eigenvalue weighted by atomic mass is 10.0. The van der Waals surface area contributed by atoms with Crippen molar-refractivity contribution in [2.75, 3.05) is 18.4 Å². The predicted octanol–water partition coefficient (Wildman–Crippen LogP) is 4.24. The number of nitrogens with zero attached hydrogens (tertiary/aromatic N) is 2. The van der Waals surface area contributed by atoms with Gasteiger partial charge in [0.1, 0.15) is 0 Å². The van der Waals surface area contributed by atoms with Crippen LogP contribution in [-0.4, -0.2) is 34.8 Å². The molecule has 4 rings (SSSR count). The number of aromatic nitrogens is 1. The van der Waals surface area contributed by atoms with Crippen molar-refractivity contribution in [2.45, 2.75) is 31.8 Å². The van der Waals surface area contributed by atoms with Crippen LogP contribution in [0.15, 0.2) is 66.0 Å². The number of benzene rings is 2. The fourth-order valence-electron chi connectivity index (χ4n) is 3.73. The van der Waals surface area contributed by atoms with Crippen molar-refractivity contribution in [3.05, 3.63) is 82.9 Å². The highest BCUT2D eigenvalue weighted by molar-refractivity contribution is 7.13. The molecule has 31 heavy (non-hydrogen) atoms. The first-order chi connectivity index (χ1) is 15.2. The molecule has 0 aliphatic carbocycles. The molecule has 2 heterocycles. The Hall–Kier alpha value is -3.03. The Balaban J connectivity index is 1.40. The summed E-state index contributed by atoms with van der Waals surface area (Å²) in [6.07, 6.45) is 2.61. The van der Waals surface area contributed by atoms with E-state index in [4.69, 9.17) is 0 Å². The fourth-order valence-corrected chi connectivity index (χ4v) is 4.45. The molecule has 1 aliphatic heterocycles. The van der Waals surface area contributed by atoms with E-state index in [1.807, 2.05) is 53.9 Å². The van der Waals surface area contributed by atoms with Crippen molar-refractivity contribution in [3.8, 4) is 0 Å². The summed E-state index contributed by atoms with van der Waals surface area (Å²) in [5.41, 5.74) is 2.44. The molecule has 1 fully saturated rings. The average molecular weight is 435 g/mol. The molecule has 1 aliphatic rings. The summed E-state index contributed by atoms with van der Waals surface area (Å²) >= 11 is 1.44. The maximum absolute atomic E-state index is 12.8. The average Bonchev–Trinajstić information content (AvgIpc) is 3.47. The van der Waals surface area contributed by atoms with Gasteiger partial charge >= 0.3 is 0 Å². The van der Waals surface area contributed by atoms with Gasteiger partial charge < -0.3 is 10.6 Å². The Morgan fingerprint density at radius 1 is 1.00 bits per heavy atom. The number of hydrogen-bond acceptors (Lipinski definition) is 5. The topological polar surface area (TPSA) is 74.3 Å². The number of likely N-dealkylation sites (tertiary alicyclic amines) is 1. The van der Waals surface area contributed by atoms with E-state index in [-0.39, 0.29) is 18.2 Å². The predicted molar refractivity (Wildman–Crippen MR) is 123 cm³/mol. The van der Waals surface area contributed by atoms with Crippen molar-refractivity contribution in [2.24, 2.45) is 0 Å². The van der Waals surface area contributed by atoms with E-state index in [1.165, 1.54) is 24.2 Å². The molecule has 7 heteroatoms. The molecule has 2 N–H and O–H groups in total. The smallest absolute Gasteiger partial charge is 0.251 e. The molecule has 2 amide bonds. The normalized spacial score (nSPS) is 14.8. The van der Waals surface area contributed by atoms with E-state index in [9.17, 15) is 9.59 Å². The van der Waals surface area contributed by atoms with Crippen LogP contribution < -0.4 is 10.6 Å². The molecule has 1 atom stereocenters. The number of carbonyl (C=O) groups is 2. The number of carbonyl (C=O) groups excluding carboxylic acids is 2. The van der Waals surface area contributed by atoms with Crippen LogP contribution >= 0.6 is 11.3 Å². The molecule has 0 unspecified atom stereocenters. The maximum atomic E-state index is 12.8. The van der Waals surface area contributed by atoms with Crippen molar-refractivity contribution in [1.29, 1.82) is 0 Å². The molecule has 160 valence electrons. The number of rotatable bonds is 8. The minimum Gasteiger partial charge on any atom is -0.345 e. The van der Waals surface area contributed by atoms with Gasteiger partial charge in [-0.15, -0.1) is 11.3 Å². The Kier molecular flexibility index (Phi) is 7.07. The first kappa shape index (κ1) is 21.2. The van der Waals surface area contributed by atoms with E-state index in [0.29, 0.717) is 10.7 Å². The van der Waals surface area contributed by atoms with Gasteiger partial charge in [0.15, 0.2) is 5.13 Å². The molecule has 0 spiro atoms. The molecule has 2 aromatic carbocycles. The molecular weight excluding hydrogens is 408 g/mol. The van der Waals surface area contributed by atoms with Gasteiger partial charge in [0.05, 0.1) is 18.2 Å². The van der Waals surface area contributed by atoms with Crippen LogP contribution in [0.25, 0.3) is 0 Å². The Morgan fingerprint density at radius 3 is 2.39 bits per heavy atom. The molecule has 1 saturated heterocycles. The van der Waals surface area contributed by atoms with E-state index < -0.39 is 6.04 Å².